The second kappa shape index (κ2) is 7.35. The molecule has 0 fully saturated rings. The number of hydrogen-bond donors (Lipinski definition) is 1. The summed E-state index contributed by atoms with van der Waals surface area (Å²) in [4.78, 5) is 18.9. The Bertz CT molecular complexity index is 643. The number of carbonyl (C=O) groups is 1. The number of aromatic nitrogens is 3. The van der Waals surface area contributed by atoms with Crippen LogP contribution in [-0.2, 0) is 7.05 Å². The number of aliphatic hydroxyl groups is 1. The number of unbranched alkanes of at least 4 members (excludes halogenated alkanes) is 1. The van der Waals surface area contributed by atoms with Crippen molar-refractivity contribution in [1.29, 1.82) is 0 Å². The Labute approximate surface area is 130 Å². The van der Waals surface area contributed by atoms with Gasteiger partial charge in [0.2, 0.25) is 0 Å². The van der Waals surface area contributed by atoms with Crippen LogP contribution in [0.4, 0.5) is 0 Å². The van der Waals surface area contributed by atoms with Crippen molar-refractivity contribution in [3.8, 4) is 0 Å². The maximum absolute atomic E-state index is 12.7. The van der Waals surface area contributed by atoms with Gasteiger partial charge in [-0.15, -0.1) is 0 Å². The van der Waals surface area contributed by atoms with Crippen LogP contribution in [-0.4, -0.2) is 50.4 Å². The third-order valence-electron chi connectivity index (χ3n) is 3.76. The summed E-state index contributed by atoms with van der Waals surface area (Å²) in [6.45, 7) is 5.38. The summed E-state index contributed by atoms with van der Waals surface area (Å²) in [7, 11) is 1.85. The van der Waals surface area contributed by atoms with Crippen molar-refractivity contribution >= 4 is 16.9 Å². The van der Waals surface area contributed by atoms with Crippen LogP contribution >= 0.6 is 0 Å². The summed E-state index contributed by atoms with van der Waals surface area (Å²) in [5, 5.41) is 14.3. The van der Waals surface area contributed by atoms with E-state index in [4.69, 9.17) is 5.11 Å². The molecule has 0 radical (unpaired) electrons. The molecule has 0 aliphatic heterocycles. The highest BCUT2D eigenvalue weighted by atomic mass is 16.3. The highest BCUT2D eigenvalue weighted by molar-refractivity contribution is 5.97. The maximum atomic E-state index is 12.7. The SMILES string of the molecule is CCCCN(CCCO)C(=O)c1cnc2c(c1)c(C)nn2C. The van der Waals surface area contributed by atoms with Gasteiger partial charge in [0, 0.05) is 38.3 Å². The van der Waals surface area contributed by atoms with Crippen LogP contribution in [0, 0.1) is 6.92 Å². The molecule has 2 aromatic rings. The Balaban J connectivity index is 2.26. The van der Waals surface area contributed by atoms with E-state index < -0.39 is 0 Å². The van der Waals surface area contributed by atoms with Gasteiger partial charge in [0.15, 0.2) is 5.65 Å². The van der Waals surface area contributed by atoms with Gasteiger partial charge in [-0.1, -0.05) is 13.3 Å². The van der Waals surface area contributed by atoms with E-state index in [0.717, 1.165) is 29.6 Å². The van der Waals surface area contributed by atoms with Crippen LogP contribution in [0.15, 0.2) is 12.3 Å². The number of aryl methyl sites for hydroxylation is 2. The molecule has 0 aliphatic carbocycles. The predicted molar refractivity (Wildman–Crippen MR) is 85.8 cm³/mol. The summed E-state index contributed by atoms with van der Waals surface area (Å²) in [6.07, 6.45) is 4.20. The Kier molecular flexibility index (Phi) is 5.49. The molecule has 0 unspecified atom stereocenters. The highest BCUT2D eigenvalue weighted by Crippen LogP contribution is 2.18. The fraction of sp³-hybridized carbons (Fsp3) is 0.562. The number of carbonyl (C=O) groups excluding carboxylic acids is 1. The summed E-state index contributed by atoms with van der Waals surface area (Å²) in [5.74, 6) is -0.0282. The third-order valence-corrected chi connectivity index (χ3v) is 3.76. The maximum Gasteiger partial charge on any atom is 0.255 e. The fourth-order valence-electron chi connectivity index (χ4n) is 2.53. The molecule has 2 aromatic heterocycles. The topological polar surface area (TPSA) is 71.2 Å². The third kappa shape index (κ3) is 3.44. The van der Waals surface area contributed by atoms with E-state index in [1.807, 2.05) is 20.0 Å². The van der Waals surface area contributed by atoms with Crippen molar-refractivity contribution in [3.05, 3.63) is 23.5 Å². The molecule has 0 saturated carbocycles. The predicted octanol–water partition coefficient (Wildman–Crippen LogP) is 1.90. The van der Waals surface area contributed by atoms with Crippen molar-refractivity contribution in [2.24, 2.45) is 7.05 Å². The van der Waals surface area contributed by atoms with E-state index in [9.17, 15) is 4.79 Å². The standard InChI is InChI=1S/C16H24N4O2/c1-4-5-7-20(8-6-9-21)16(22)13-10-14-12(2)18-19(3)15(14)17-11-13/h10-11,21H,4-9H2,1-3H3. The van der Waals surface area contributed by atoms with Crippen LogP contribution in [0.3, 0.4) is 0 Å². The van der Waals surface area contributed by atoms with Gasteiger partial charge in [-0.2, -0.15) is 5.10 Å². The molecule has 2 heterocycles. The van der Waals surface area contributed by atoms with Crippen molar-refractivity contribution in [2.45, 2.75) is 33.1 Å². The van der Waals surface area contributed by atoms with Crippen LogP contribution in [0.25, 0.3) is 11.0 Å². The molecule has 0 bridgehead atoms. The minimum atomic E-state index is -0.0282. The molecule has 6 heteroatoms. The lowest BCUT2D eigenvalue weighted by Gasteiger charge is -2.22. The van der Waals surface area contributed by atoms with Crippen LogP contribution in [0.1, 0.15) is 42.2 Å². The number of nitrogens with zero attached hydrogens (tertiary/aromatic N) is 4. The van der Waals surface area contributed by atoms with Gasteiger partial charge in [0.25, 0.3) is 5.91 Å². The molecule has 0 saturated heterocycles. The van der Waals surface area contributed by atoms with E-state index in [-0.39, 0.29) is 12.5 Å². The summed E-state index contributed by atoms with van der Waals surface area (Å²) < 4.78 is 1.72. The number of pyridine rings is 1. The molecule has 22 heavy (non-hydrogen) atoms. The summed E-state index contributed by atoms with van der Waals surface area (Å²) >= 11 is 0. The van der Waals surface area contributed by atoms with E-state index in [1.54, 1.807) is 15.8 Å². The molecule has 0 aliphatic rings. The number of hydrogen-bond acceptors (Lipinski definition) is 4. The normalized spacial score (nSPS) is 11.1. The summed E-state index contributed by atoms with van der Waals surface area (Å²) in [5.41, 5.74) is 2.23. The zero-order valence-electron chi connectivity index (χ0n) is 13.5. The lowest BCUT2D eigenvalue weighted by molar-refractivity contribution is 0.0742. The van der Waals surface area contributed by atoms with Gasteiger partial charge in [-0.25, -0.2) is 4.98 Å². The molecule has 0 atom stereocenters. The highest BCUT2D eigenvalue weighted by Gasteiger charge is 2.17. The van der Waals surface area contributed by atoms with Crippen molar-refractivity contribution in [2.75, 3.05) is 19.7 Å². The Morgan fingerprint density at radius 1 is 1.36 bits per heavy atom. The molecule has 1 amide bonds. The minimum absolute atomic E-state index is 0.0282. The van der Waals surface area contributed by atoms with Gasteiger partial charge in [-0.05, 0) is 25.8 Å². The van der Waals surface area contributed by atoms with Gasteiger partial charge in [-0.3, -0.25) is 9.48 Å². The van der Waals surface area contributed by atoms with Crippen molar-refractivity contribution in [1.82, 2.24) is 19.7 Å². The lowest BCUT2D eigenvalue weighted by Crippen LogP contribution is -2.33. The van der Waals surface area contributed by atoms with E-state index in [1.165, 1.54) is 0 Å². The average molecular weight is 304 g/mol. The Morgan fingerprint density at radius 3 is 2.77 bits per heavy atom. The molecule has 0 spiro atoms. The first-order valence-corrected chi connectivity index (χ1v) is 7.78. The van der Waals surface area contributed by atoms with E-state index in [2.05, 4.69) is 17.0 Å². The smallest absolute Gasteiger partial charge is 0.255 e. The van der Waals surface area contributed by atoms with Crippen LogP contribution in [0.2, 0.25) is 0 Å². The molecular weight excluding hydrogens is 280 g/mol. The number of rotatable bonds is 7. The lowest BCUT2D eigenvalue weighted by atomic mass is 10.1. The molecule has 120 valence electrons. The van der Waals surface area contributed by atoms with Crippen LogP contribution in [0.5, 0.6) is 0 Å². The second-order valence-corrected chi connectivity index (χ2v) is 5.53. The van der Waals surface area contributed by atoms with Gasteiger partial charge in [0.05, 0.1) is 11.3 Å². The largest absolute Gasteiger partial charge is 0.396 e. The molecular formula is C16H24N4O2. The average Bonchev–Trinajstić information content (AvgIpc) is 2.81. The van der Waals surface area contributed by atoms with Gasteiger partial charge >= 0.3 is 0 Å². The fourth-order valence-corrected chi connectivity index (χ4v) is 2.53. The molecule has 0 aromatic carbocycles. The Morgan fingerprint density at radius 2 is 2.09 bits per heavy atom. The first kappa shape index (κ1) is 16.4. The zero-order chi connectivity index (χ0) is 16.1. The first-order chi connectivity index (χ1) is 10.6. The quantitative estimate of drug-likeness (QED) is 0.848. The monoisotopic (exact) mass is 304 g/mol. The second-order valence-electron chi connectivity index (χ2n) is 5.53. The number of fused-ring (bicyclic) bond motifs is 1. The zero-order valence-corrected chi connectivity index (χ0v) is 13.5. The Hall–Kier alpha value is -1.95. The van der Waals surface area contributed by atoms with E-state index in [0.29, 0.717) is 25.1 Å². The minimum Gasteiger partial charge on any atom is -0.396 e. The molecule has 1 N–H and O–H groups in total. The van der Waals surface area contributed by atoms with Gasteiger partial charge in [0.1, 0.15) is 0 Å². The molecule has 2 rings (SSSR count). The first-order valence-electron chi connectivity index (χ1n) is 7.78. The van der Waals surface area contributed by atoms with Crippen molar-refractivity contribution in [3.63, 3.8) is 0 Å². The van der Waals surface area contributed by atoms with Crippen LogP contribution < -0.4 is 0 Å². The van der Waals surface area contributed by atoms with E-state index >= 15 is 0 Å². The summed E-state index contributed by atoms with van der Waals surface area (Å²) in [6, 6.07) is 1.87. The van der Waals surface area contributed by atoms with Gasteiger partial charge < -0.3 is 10.0 Å². The number of aliphatic hydroxyl groups excluding tert-OH is 1. The van der Waals surface area contributed by atoms with Crippen molar-refractivity contribution < 1.29 is 9.90 Å². The number of amides is 1. The molecule has 6 nitrogen and oxygen atoms in total.